The molecule has 0 unspecified atom stereocenters. The fourth-order valence-electron chi connectivity index (χ4n) is 2.87. The first-order valence-electron chi connectivity index (χ1n) is 8.97. The Balaban J connectivity index is 1.87. The molecule has 0 aromatic heterocycles. The lowest BCUT2D eigenvalue weighted by molar-refractivity contribution is 0.00578. The first-order valence-corrected chi connectivity index (χ1v) is 8.97. The third-order valence-electron chi connectivity index (χ3n) is 5.25. The van der Waals surface area contributed by atoms with Gasteiger partial charge >= 0.3 is 7.12 Å². The summed E-state index contributed by atoms with van der Waals surface area (Å²) in [5.41, 5.74) is 1.21. The summed E-state index contributed by atoms with van der Waals surface area (Å²) in [4.78, 5) is 11.6. The Bertz CT molecular complexity index is 798. The van der Waals surface area contributed by atoms with Crippen LogP contribution in [0.15, 0.2) is 42.5 Å². The lowest BCUT2D eigenvalue weighted by Gasteiger charge is -2.32. The molecule has 142 valence electrons. The zero-order valence-electron chi connectivity index (χ0n) is 16.4. The maximum Gasteiger partial charge on any atom is 0.498 e. The molecule has 27 heavy (non-hydrogen) atoms. The molecule has 1 fully saturated rings. The van der Waals surface area contributed by atoms with E-state index >= 15 is 0 Å². The monoisotopic (exact) mass is 368 g/mol. The fourth-order valence-corrected chi connectivity index (χ4v) is 2.87. The Morgan fingerprint density at radius 3 is 2.19 bits per heavy atom. The van der Waals surface area contributed by atoms with Crippen molar-refractivity contribution in [2.24, 2.45) is 0 Å². The normalized spacial score (nSPS) is 17.6. The summed E-state index contributed by atoms with van der Waals surface area (Å²) in [5.74, 6) is 1.27. The van der Waals surface area contributed by atoms with E-state index in [1.807, 2.05) is 64.1 Å². The van der Waals surface area contributed by atoms with E-state index in [1.165, 1.54) is 0 Å². The third-order valence-corrected chi connectivity index (χ3v) is 5.25. The Morgan fingerprint density at radius 1 is 1.00 bits per heavy atom. The summed E-state index contributed by atoms with van der Waals surface area (Å²) in [7, 11) is 1.03. The minimum Gasteiger partial charge on any atom is -0.497 e. The van der Waals surface area contributed by atoms with E-state index in [0.29, 0.717) is 23.4 Å². The van der Waals surface area contributed by atoms with Crippen LogP contribution in [0.2, 0.25) is 0 Å². The van der Waals surface area contributed by atoms with Gasteiger partial charge in [0.05, 0.1) is 23.9 Å². The topological polar surface area (TPSA) is 54.0 Å². The van der Waals surface area contributed by atoms with Crippen LogP contribution in [-0.4, -0.2) is 31.7 Å². The molecule has 1 heterocycles. The van der Waals surface area contributed by atoms with Crippen molar-refractivity contribution in [2.45, 2.75) is 45.5 Å². The predicted molar refractivity (Wildman–Crippen MR) is 105 cm³/mol. The summed E-state index contributed by atoms with van der Waals surface area (Å²) < 4.78 is 23.5. The van der Waals surface area contributed by atoms with Crippen molar-refractivity contribution in [3.63, 3.8) is 0 Å². The molecule has 0 N–H and O–H groups in total. The molecule has 0 atom stereocenters. The average Bonchev–Trinajstić information content (AvgIpc) is 2.87. The summed E-state index contributed by atoms with van der Waals surface area (Å²) in [6.45, 7) is 8.30. The number of carbonyl (C=O) groups is 1. The van der Waals surface area contributed by atoms with Gasteiger partial charge in [-0.2, -0.15) is 0 Å². The third kappa shape index (κ3) is 3.87. The predicted octanol–water partition coefficient (Wildman–Crippen LogP) is 3.39. The van der Waals surface area contributed by atoms with Gasteiger partial charge in [0.1, 0.15) is 18.1 Å². The number of para-hydroxylation sites is 1. The molecule has 0 saturated carbocycles. The molecular formula is C21H25BO5. The standard InChI is InChI=1S/C21H25BO5/c1-20(2)21(3,4)27-22(26-20)18-8-6-7-16(13-23)19(18)25-14-15-9-11-17(24-5)12-10-15/h6-13H,14H2,1-5H3. The van der Waals surface area contributed by atoms with E-state index in [9.17, 15) is 4.79 Å². The second-order valence-electron chi connectivity index (χ2n) is 7.61. The molecule has 1 saturated heterocycles. The minimum absolute atomic E-state index is 0.321. The molecule has 1 aliphatic rings. The largest absolute Gasteiger partial charge is 0.498 e. The molecule has 3 rings (SSSR count). The summed E-state index contributed by atoms with van der Waals surface area (Å²) >= 11 is 0. The lowest BCUT2D eigenvalue weighted by Crippen LogP contribution is -2.41. The molecule has 1 aliphatic heterocycles. The highest BCUT2D eigenvalue weighted by Gasteiger charge is 2.52. The number of hydrogen-bond acceptors (Lipinski definition) is 5. The van der Waals surface area contributed by atoms with Gasteiger partial charge < -0.3 is 18.8 Å². The first kappa shape index (κ1) is 19.5. The minimum atomic E-state index is -0.597. The number of rotatable bonds is 6. The highest BCUT2D eigenvalue weighted by molar-refractivity contribution is 6.63. The average molecular weight is 368 g/mol. The van der Waals surface area contributed by atoms with Crippen LogP contribution in [0, 0.1) is 0 Å². The molecule has 0 aliphatic carbocycles. The SMILES string of the molecule is COc1ccc(COc2c(C=O)cccc2B2OC(C)(C)C(C)(C)O2)cc1. The molecule has 2 aromatic rings. The number of methoxy groups -OCH3 is 1. The van der Waals surface area contributed by atoms with Crippen molar-refractivity contribution in [3.8, 4) is 11.5 Å². The number of hydrogen-bond donors (Lipinski definition) is 0. The van der Waals surface area contributed by atoms with E-state index in [2.05, 4.69) is 0 Å². The van der Waals surface area contributed by atoms with E-state index in [1.54, 1.807) is 13.2 Å². The van der Waals surface area contributed by atoms with E-state index in [-0.39, 0.29) is 0 Å². The van der Waals surface area contributed by atoms with Gasteiger partial charge in [-0.3, -0.25) is 4.79 Å². The molecule has 0 bridgehead atoms. The fraction of sp³-hybridized carbons (Fsp3) is 0.381. The Kier molecular flexibility index (Phi) is 5.31. The van der Waals surface area contributed by atoms with Crippen LogP contribution in [0.3, 0.4) is 0 Å². The zero-order chi connectivity index (χ0) is 19.7. The second-order valence-corrected chi connectivity index (χ2v) is 7.61. The van der Waals surface area contributed by atoms with Gasteiger partial charge in [-0.25, -0.2) is 0 Å². The van der Waals surface area contributed by atoms with Gasteiger partial charge in [-0.05, 0) is 51.5 Å². The molecule has 5 nitrogen and oxygen atoms in total. The van der Waals surface area contributed by atoms with Crippen molar-refractivity contribution in [1.29, 1.82) is 0 Å². The number of ether oxygens (including phenoxy) is 2. The van der Waals surface area contributed by atoms with Crippen molar-refractivity contribution >= 4 is 18.9 Å². The Hall–Kier alpha value is -2.31. The van der Waals surface area contributed by atoms with E-state index < -0.39 is 18.3 Å². The highest BCUT2D eigenvalue weighted by Crippen LogP contribution is 2.37. The Labute approximate surface area is 160 Å². The van der Waals surface area contributed by atoms with E-state index in [4.69, 9.17) is 18.8 Å². The molecule has 0 amide bonds. The Morgan fingerprint density at radius 2 is 1.63 bits per heavy atom. The van der Waals surface area contributed by atoms with Crippen LogP contribution >= 0.6 is 0 Å². The van der Waals surface area contributed by atoms with Gasteiger partial charge in [0.15, 0.2) is 6.29 Å². The number of benzene rings is 2. The second kappa shape index (κ2) is 7.37. The smallest absolute Gasteiger partial charge is 0.497 e. The first-order chi connectivity index (χ1) is 12.8. The van der Waals surface area contributed by atoms with Crippen molar-refractivity contribution in [1.82, 2.24) is 0 Å². The van der Waals surface area contributed by atoms with Crippen LogP contribution in [0.1, 0.15) is 43.6 Å². The van der Waals surface area contributed by atoms with Crippen LogP contribution in [-0.2, 0) is 15.9 Å². The van der Waals surface area contributed by atoms with Gasteiger partial charge in [-0.15, -0.1) is 0 Å². The summed E-state index contributed by atoms with van der Waals surface area (Å²) in [5, 5.41) is 0. The van der Waals surface area contributed by atoms with Crippen LogP contribution in [0.25, 0.3) is 0 Å². The number of aldehydes is 1. The van der Waals surface area contributed by atoms with Crippen molar-refractivity contribution in [2.75, 3.05) is 7.11 Å². The molecular weight excluding hydrogens is 343 g/mol. The quantitative estimate of drug-likeness (QED) is 0.578. The van der Waals surface area contributed by atoms with Crippen molar-refractivity contribution < 1.29 is 23.6 Å². The summed E-state index contributed by atoms with van der Waals surface area (Å²) in [6, 6.07) is 13.0. The molecule has 0 radical (unpaired) electrons. The van der Waals surface area contributed by atoms with Gasteiger partial charge in [-0.1, -0.05) is 24.3 Å². The van der Waals surface area contributed by atoms with E-state index in [0.717, 1.165) is 17.6 Å². The van der Waals surface area contributed by atoms with Crippen LogP contribution < -0.4 is 14.9 Å². The van der Waals surface area contributed by atoms with Gasteiger partial charge in [0.2, 0.25) is 0 Å². The van der Waals surface area contributed by atoms with Crippen LogP contribution in [0.5, 0.6) is 11.5 Å². The number of carbonyl (C=O) groups excluding carboxylic acids is 1. The van der Waals surface area contributed by atoms with Crippen LogP contribution in [0.4, 0.5) is 0 Å². The maximum atomic E-state index is 11.6. The maximum absolute atomic E-state index is 11.6. The molecule has 2 aromatic carbocycles. The highest BCUT2D eigenvalue weighted by atomic mass is 16.7. The molecule has 6 heteroatoms. The summed E-state index contributed by atoms with van der Waals surface area (Å²) in [6.07, 6.45) is 0.790. The van der Waals surface area contributed by atoms with Gasteiger partial charge in [0, 0.05) is 5.46 Å². The lowest BCUT2D eigenvalue weighted by atomic mass is 9.77. The zero-order valence-corrected chi connectivity index (χ0v) is 16.4. The molecule has 0 spiro atoms. The van der Waals surface area contributed by atoms with Gasteiger partial charge in [0.25, 0.3) is 0 Å². The van der Waals surface area contributed by atoms with Crippen molar-refractivity contribution in [3.05, 3.63) is 53.6 Å².